The van der Waals surface area contributed by atoms with Gasteiger partial charge in [0, 0.05) is 20.6 Å². The van der Waals surface area contributed by atoms with Gasteiger partial charge in [0.05, 0.1) is 12.0 Å². The van der Waals surface area contributed by atoms with E-state index in [-0.39, 0.29) is 24.3 Å². The van der Waals surface area contributed by atoms with Crippen molar-refractivity contribution in [1.29, 1.82) is 0 Å². The van der Waals surface area contributed by atoms with Crippen LogP contribution < -0.4 is 17.0 Å². The molecule has 0 spiro atoms. The third kappa shape index (κ3) is 3.48. The second-order valence-corrected chi connectivity index (χ2v) is 6.38. The zero-order chi connectivity index (χ0) is 19.1. The molecule has 1 aromatic rings. The van der Waals surface area contributed by atoms with Crippen molar-refractivity contribution in [3.8, 4) is 0 Å². The van der Waals surface area contributed by atoms with E-state index in [1.807, 2.05) is 0 Å². The van der Waals surface area contributed by atoms with Crippen molar-refractivity contribution in [2.45, 2.75) is 32.0 Å². The average Bonchev–Trinajstić information content (AvgIpc) is 2.57. The lowest BCUT2D eigenvalue weighted by Gasteiger charge is -2.36. The van der Waals surface area contributed by atoms with Gasteiger partial charge in [-0.2, -0.15) is 13.2 Å². The molecule has 0 saturated carbocycles. The number of rotatable bonds is 3. The number of likely N-dealkylation sites (tertiary alicyclic amines) is 1. The SMILES string of the molecule is CC(C(=O)c1c(N)n(C)c(=O)n(C)c1=O)N1CCCC(C(F)(F)F)C1. The number of hydrogen-bond donors (Lipinski definition) is 1. The Balaban J connectivity index is 2.36. The van der Waals surface area contributed by atoms with Crippen LogP contribution in [0.25, 0.3) is 0 Å². The van der Waals surface area contributed by atoms with Crippen LogP contribution in [0, 0.1) is 5.92 Å². The fraction of sp³-hybridized carbons (Fsp3) is 0.667. The molecule has 1 saturated heterocycles. The lowest BCUT2D eigenvalue weighted by Crippen LogP contribution is -2.50. The maximum Gasteiger partial charge on any atom is 0.393 e. The molecule has 25 heavy (non-hydrogen) atoms. The molecular weight excluding hydrogens is 341 g/mol. The summed E-state index contributed by atoms with van der Waals surface area (Å²) in [5, 5.41) is 0. The van der Waals surface area contributed by atoms with Gasteiger partial charge in [-0.3, -0.25) is 23.6 Å². The zero-order valence-electron chi connectivity index (χ0n) is 14.3. The van der Waals surface area contributed by atoms with Gasteiger partial charge < -0.3 is 5.73 Å². The van der Waals surface area contributed by atoms with Crippen LogP contribution in [-0.2, 0) is 14.1 Å². The number of halogens is 3. The number of nitrogen functional groups attached to an aromatic ring is 1. The lowest BCUT2D eigenvalue weighted by molar-refractivity contribution is -0.187. The van der Waals surface area contributed by atoms with Crippen molar-refractivity contribution in [2.75, 3.05) is 18.8 Å². The van der Waals surface area contributed by atoms with Crippen LogP contribution >= 0.6 is 0 Å². The van der Waals surface area contributed by atoms with E-state index in [9.17, 15) is 27.6 Å². The summed E-state index contributed by atoms with van der Waals surface area (Å²) in [5.41, 5.74) is 3.85. The first-order valence-electron chi connectivity index (χ1n) is 7.87. The highest BCUT2D eigenvalue weighted by Crippen LogP contribution is 2.34. The van der Waals surface area contributed by atoms with Crippen molar-refractivity contribution in [1.82, 2.24) is 14.0 Å². The molecule has 2 unspecified atom stereocenters. The van der Waals surface area contributed by atoms with E-state index in [2.05, 4.69) is 0 Å². The van der Waals surface area contributed by atoms with Gasteiger partial charge in [0.1, 0.15) is 11.4 Å². The van der Waals surface area contributed by atoms with Crippen molar-refractivity contribution >= 4 is 11.6 Å². The molecule has 2 atom stereocenters. The fourth-order valence-electron chi connectivity index (χ4n) is 3.09. The van der Waals surface area contributed by atoms with Crippen molar-refractivity contribution in [2.24, 2.45) is 20.0 Å². The Hall–Kier alpha value is -2.10. The Morgan fingerprint density at radius 3 is 2.40 bits per heavy atom. The molecule has 2 N–H and O–H groups in total. The van der Waals surface area contributed by atoms with E-state index in [4.69, 9.17) is 5.73 Å². The molecule has 7 nitrogen and oxygen atoms in total. The maximum atomic E-state index is 13.0. The molecule has 2 heterocycles. The number of aromatic nitrogens is 2. The summed E-state index contributed by atoms with van der Waals surface area (Å²) in [4.78, 5) is 38.2. The van der Waals surface area contributed by atoms with Crippen LogP contribution in [-0.4, -0.2) is 45.1 Å². The smallest absolute Gasteiger partial charge is 0.384 e. The van der Waals surface area contributed by atoms with Crippen LogP contribution in [0.3, 0.4) is 0 Å². The number of carbonyl (C=O) groups excluding carboxylic acids is 1. The van der Waals surface area contributed by atoms with Crippen LogP contribution in [0.2, 0.25) is 0 Å². The highest BCUT2D eigenvalue weighted by atomic mass is 19.4. The number of alkyl halides is 3. The molecule has 0 radical (unpaired) electrons. The molecule has 1 fully saturated rings. The summed E-state index contributed by atoms with van der Waals surface area (Å²) < 4.78 is 40.6. The number of Topliss-reactive ketones (excluding diaryl/α,β-unsaturated/α-hetero) is 1. The number of anilines is 1. The predicted molar refractivity (Wildman–Crippen MR) is 85.5 cm³/mol. The number of nitrogens with zero attached hydrogens (tertiary/aromatic N) is 3. The molecule has 1 aromatic heterocycles. The first-order chi connectivity index (χ1) is 11.5. The Bertz CT molecular complexity index is 797. The fourth-order valence-corrected chi connectivity index (χ4v) is 3.09. The molecule has 2 rings (SSSR count). The third-order valence-electron chi connectivity index (χ3n) is 4.80. The molecule has 0 aliphatic carbocycles. The summed E-state index contributed by atoms with van der Waals surface area (Å²) in [6.07, 6.45) is -4.00. The average molecular weight is 362 g/mol. The Morgan fingerprint density at radius 2 is 1.84 bits per heavy atom. The topological polar surface area (TPSA) is 90.3 Å². The Kier molecular flexibility index (Phi) is 5.12. The summed E-state index contributed by atoms with van der Waals surface area (Å²) in [5.74, 6) is -2.47. The minimum absolute atomic E-state index is 0.0185. The molecule has 1 aliphatic heterocycles. The first kappa shape index (κ1) is 19.2. The molecule has 10 heteroatoms. The number of piperidine rings is 1. The van der Waals surface area contributed by atoms with E-state index >= 15 is 0 Å². The van der Waals surface area contributed by atoms with Gasteiger partial charge in [-0.15, -0.1) is 0 Å². The van der Waals surface area contributed by atoms with Crippen LogP contribution in [0.4, 0.5) is 19.0 Å². The van der Waals surface area contributed by atoms with E-state index in [0.29, 0.717) is 13.0 Å². The van der Waals surface area contributed by atoms with Crippen LogP contribution in [0.5, 0.6) is 0 Å². The predicted octanol–water partition coefficient (Wildman–Crippen LogP) is 0.512. The Labute approximate surface area is 141 Å². The number of nitrogens with two attached hydrogens (primary N) is 1. The van der Waals surface area contributed by atoms with Crippen molar-refractivity contribution in [3.63, 3.8) is 0 Å². The van der Waals surface area contributed by atoms with E-state index in [1.165, 1.54) is 25.9 Å². The van der Waals surface area contributed by atoms with Crippen LogP contribution in [0.15, 0.2) is 9.59 Å². The normalized spacial score (nSPS) is 20.5. The van der Waals surface area contributed by atoms with Gasteiger partial charge in [-0.25, -0.2) is 4.79 Å². The van der Waals surface area contributed by atoms with Gasteiger partial charge in [-0.1, -0.05) is 0 Å². The minimum atomic E-state index is -4.33. The molecule has 0 bridgehead atoms. The molecule has 0 amide bonds. The van der Waals surface area contributed by atoms with Gasteiger partial charge in [0.25, 0.3) is 5.56 Å². The molecule has 1 aliphatic rings. The summed E-state index contributed by atoms with van der Waals surface area (Å²) in [6, 6.07) is -0.947. The van der Waals surface area contributed by atoms with E-state index < -0.39 is 35.2 Å². The second-order valence-electron chi connectivity index (χ2n) is 6.38. The lowest BCUT2D eigenvalue weighted by atomic mass is 9.94. The summed E-state index contributed by atoms with van der Waals surface area (Å²) in [7, 11) is 2.53. The standard InChI is InChI=1S/C15H21F3N4O3/c1-8(22-6-4-5-9(7-22)15(16,17)18)11(23)10-12(19)20(2)14(25)21(3)13(10)24/h8-9H,4-7,19H2,1-3H3. The molecule has 140 valence electrons. The van der Waals surface area contributed by atoms with E-state index in [0.717, 1.165) is 9.13 Å². The van der Waals surface area contributed by atoms with E-state index in [1.54, 1.807) is 0 Å². The first-order valence-corrected chi connectivity index (χ1v) is 7.87. The van der Waals surface area contributed by atoms with Gasteiger partial charge in [0.2, 0.25) is 0 Å². The number of hydrogen-bond acceptors (Lipinski definition) is 5. The second kappa shape index (κ2) is 6.66. The van der Waals surface area contributed by atoms with Crippen LogP contribution in [0.1, 0.15) is 30.1 Å². The van der Waals surface area contributed by atoms with Gasteiger partial charge >= 0.3 is 11.9 Å². The summed E-state index contributed by atoms with van der Waals surface area (Å²) >= 11 is 0. The molecular formula is C15H21F3N4O3. The maximum absolute atomic E-state index is 13.0. The number of carbonyl (C=O) groups is 1. The third-order valence-corrected chi connectivity index (χ3v) is 4.80. The van der Waals surface area contributed by atoms with Crippen molar-refractivity contribution < 1.29 is 18.0 Å². The van der Waals surface area contributed by atoms with Crippen molar-refractivity contribution in [3.05, 3.63) is 26.4 Å². The number of ketones is 1. The van der Waals surface area contributed by atoms with Gasteiger partial charge in [0.15, 0.2) is 5.78 Å². The zero-order valence-corrected chi connectivity index (χ0v) is 14.3. The monoisotopic (exact) mass is 362 g/mol. The highest BCUT2D eigenvalue weighted by molar-refractivity contribution is 6.03. The molecule has 0 aromatic carbocycles. The van der Waals surface area contributed by atoms with Gasteiger partial charge in [-0.05, 0) is 26.3 Å². The Morgan fingerprint density at radius 1 is 1.24 bits per heavy atom. The largest absolute Gasteiger partial charge is 0.393 e. The minimum Gasteiger partial charge on any atom is -0.384 e. The summed E-state index contributed by atoms with van der Waals surface area (Å²) in [6.45, 7) is 1.47. The highest BCUT2D eigenvalue weighted by Gasteiger charge is 2.43. The quantitative estimate of drug-likeness (QED) is 0.792.